The van der Waals surface area contributed by atoms with Crippen molar-refractivity contribution < 1.29 is 19.8 Å². The van der Waals surface area contributed by atoms with Gasteiger partial charge in [0.05, 0.1) is 17.8 Å². The molecule has 102 valence electrons. The molecule has 2 aliphatic rings. The van der Waals surface area contributed by atoms with Gasteiger partial charge in [0.25, 0.3) is 0 Å². The summed E-state index contributed by atoms with van der Waals surface area (Å²) in [4.78, 5) is 22.8. The van der Waals surface area contributed by atoms with Gasteiger partial charge in [-0.1, -0.05) is 12.8 Å². The van der Waals surface area contributed by atoms with Gasteiger partial charge in [-0.05, 0) is 25.0 Å². The second-order valence-electron chi connectivity index (χ2n) is 4.65. The fraction of sp³-hybridized carbons (Fsp3) is 0.462. The van der Waals surface area contributed by atoms with Crippen molar-refractivity contribution in [3.05, 3.63) is 24.0 Å². The number of aliphatic carboxylic acids is 2. The van der Waals surface area contributed by atoms with Crippen molar-refractivity contribution in [2.45, 2.75) is 37.8 Å². The Morgan fingerprint density at radius 1 is 1.21 bits per heavy atom. The van der Waals surface area contributed by atoms with Crippen LogP contribution in [-0.2, 0) is 9.59 Å². The van der Waals surface area contributed by atoms with Crippen molar-refractivity contribution in [3.63, 3.8) is 0 Å². The number of carboxylic acid groups (broad SMARTS) is 2. The molecule has 1 aromatic rings. The Bertz CT molecular complexity index is 494. The Balaban J connectivity index is 0.000000192. The summed E-state index contributed by atoms with van der Waals surface area (Å²) in [5.41, 5.74) is 1.28. The molecule has 2 N–H and O–H groups in total. The third-order valence-electron chi connectivity index (χ3n) is 3.44. The number of carbonyl (C=O) groups is 2. The zero-order chi connectivity index (χ0) is 13.8. The summed E-state index contributed by atoms with van der Waals surface area (Å²) < 4.78 is 2.40. The number of carboxylic acids is 2. The first kappa shape index (κ1) is 13.3. The summed E-state index contributed by atoms with van der Waals surface area (Å²) in [6.45, 7) is 0. The number of hydrogen-bond donors (Lipinski definition) is 2. The highest BCUT2D eigenvalue weighted by molar-refractivity contribution is 6.27. The third-order valence-corrected chi connectivity index (χ3v) is 3.44. The van der Waals surface area contributed by atoms with Crippen molar-refractivity contribution in [1.29, 1.82) is 0 Å². The van der Waals surface area contributed by atoms with Gasteiger partial charge in [0.1, 0.15) is 0 Å². The van der Waals surface area contributed by atoms with Crippen LogP contribution in [0.1, 0.15) is 37.4 Å². The zero-order valence-corrected chi connectivity index (χ0v) is 10.4. The lowest BCUT2D eigenvalue weighted by molar-refractivity contribution is -0.159. The summed E-state index contributed by atoms with van der Waals surface area (Å²) in [6, 6.07) is 5.49. The summed E-state index contributed by atoms with van der Waals surface area (Å²) in [5, 5.41) is 14.8. The number of aromatic nitrogens is 1. The van der Waals surface area contributed by atoms with Gasteiger partial charge in [-0.3, -0.25) is 4.99 Å². The van der Waals surface area contributed by atoms with Crippen LogP contribution in [0.4, 0.5) is 0 Å². The predicted molar refractivity (Wildman–Crippen MR) is 68.6 cm³/mol. The maximum atomic E-state index is 9.10. The molecule has 0 saturated heterocycles. The SMILES string of the molecule is C1=NC2CCCCC2n2cccc21.O=C(O)C(=O)O. The lowest BCUT2D eigenvalue weighted by atomic mass is 9.89. The number of nitrogens with zero attached hydrogens (tertiary/aromatic N) is 2. The highest BCUT2D eigenvalue weighted by Gasteiger charge is 2.28. The number of rotatable bonds is 0. The third kappa shape index (κ3) is 3.01. The average molecular weight is 264 g/mol. The van der Waals surface area contributed by atoms with E-state index in [0.717, 1.165) is 0 Å². The van der Waals surface area contributed by atoms with Crippen LogP contribution in [-0.4, -0.2) is 39.0 Å². The van der Waals surface area contributed by atoms with E-state index >= 15 is 0 Å². The van der Waals surface area contributed by atoms with Gasteiger partial charge in [0.2, 0.25) is 0 Å². The molecule has 0 radical (unpaired) electrons. The maximum Gasteiger partial charge on any atom is 0.414 e. The fourth-order valence-electron chi connectivity index (χ4n) is 2.58. The van der Waals surface area contributed by atoms with E-state index in [4.69, 9.17) is 19.8 Å². The van der Waals surface area contributed by atoms with E-state index < -0.39 is 11.9 Å². The summed E-state index contributed by atoms with van der Waals surface area (Å²) in [5.74, 6) is -3.65. The molecular formula is C13H16N2O4. The van der Waals surface area contributed by atoms with E-state index in [2.05, 4.69) is 27.9 Å². The molecule has 19 heavy (non-hydrogen) atoms. The first-order chi connectivity index (χ1) is 9.09. The van der Waals surface area contributed by atoms with Crippen molar-refractivity contribution in [1.82, 2.24) is 4.57 Å². The van der Waals surface area contributed by atoms with Gasteiger partial charge >= 0.3 is 11.9 Å². The number of hydrogen-bond acceptors (Lipinski definition) is 3. The lowest BCUT2D eigenvalue weighted by Gasteiger charge is -2.33. The summed E-state index contributed by atoms with van der Waals surface area (Å²) >= 11 is 0. The topological polar surface area (TPSA) is 91.9 Å². The second-order valence-corrected chi connectivity index (χ2v) is 4.65. The Hall–Kier alpha value is -2.11. The molecule has 1 aliphatic carbocycles. The molecule has 6 heteroatoms. The van der Waals surface area contributed by atoms with Crippen LogP contribution in [0, 0.1) is 0 Å². The second kappa shape index (κ2) is 5.69. The van der Waals surface area contributed by atoms with E-state index in [-0.39, 0.29) is 0 Å². The van der Waals surface area contributed by atoms with Gasteiger partial charge in [0.15, 0.2) is 0 Å². The Labute approximate surface area is 110 Å². The molecular weight excluding hydrogens is 248 g/mol. The number of fused-ring (bicyclic) bond motifs is 3. The minimum atomic E-state index is -1.82. The van der Waals surface area contributed by atoms with E-state index in [1.165, 1.54) is 31.4 Å². The quantitative estimate of drug-likeness (QED) is 0.695. The smallest absolute Gasteiger partial charge is 0.414 e. The van der Waals surface area contributed by atoms with Gasteiger partial charge in [-0.25, -0.2) is 9.59 Å². The van der Waals surface area contributed by atoms with E-state index in [0.29, 0.717) is 12.1 Å². The van der Waals surface area contributed by atoms with Crippen LogP contribution in [0.5, 0.6) is 0 Å². The Morgan fingerprint density at radius 2 is 1.89 bits per heavy atom. The van der Waals surface area contributed by atoms with Crippen molar-refractivity contribution in [2.24, 2.45) is 4.99 Å². The fourth-order valence-corrected chi connectivity index (χ4v) is 2.58. The Kier molecular flexibility index (Phi) is 3.99. The molecule has 1 fully saturated rings. The van der Waals surface area contributed by atoms with E-state index in [1.807, 2.05) is 6.21 Å². The molecule has 1 aromatic heterocycles. The number of aliphatic imine (C=N–C) groups is 1. The first-order valence-electron chi connectivity index (χ1n) is 6.26. The lowest BCUT2D eigenvalue weighted by Crippen LogP contribution is -2.30. The highest BCUT2D eigenvalue weighted by Crippen LogP contribution is 2.33. The van der Waals surface area contributed by atoms with Crippen molar-refractivity contribution in [3.8, 4) is 0 Å². The van der Waals surface area contributed by atoms with Gasteiger partial charge in [-0.15, -0.1) is 0 Å². The predicted octanol–water partition coefficient (Wildman–Crippen LogP) is 1.56. The monoisotopic (exact) mass is 264 g/mol. The normalized spacial score (nSPS) is 23.6. The molecule has 0 spiro atoms. The molecule has 1 aliphatic heterocycles. The highest BCUT2D eigenvalue weighted by atomic mass is 16.4. The standard InChI is InChI=1S/C11H14N2.C2H2O4/c1-2-6-11-10(5-1)12-8-9-4-3-7-13(9)11;3-1(4)2(5)6/h3-4,7-8,10-11H,1-2,5-6H2;(H,3,4)(H,5,6). The van der Waals surface area contributed by atoms with Crippen LogP contribution in [0.2, 0.25) is 0 Å². The van der Waals surface area contributed by atoms with Crippen LogP contribution < -0.4 is 0 Å². The molecule has 2 heterocycles. The first-order valence-corrected chi connectivity index (χ1v) is 6.26. The zero-order valence-electron chi connectivity index (χ0n) is 10.4. The molecule has 0 amide bonds. The van der Waals surface area contributed by atoms with E-state index in [1.54, 1.807) is 0 Å². The minimum absolute atomic E-state index is 0.564. The van der Waals surface area contributed by atoms with Gasteiger partial charge < -0.3 is 14.8 Å². The van der Waals surface area contributed by atoms with Crippen LogP contribution in [0.25, 0.3) is 0 Å². The van der Waals surface area contributed by atoms with Crippen molar-refractivity contribution >= 4 is 18.2 Å². The minimum Gasteiger partial charge on any atom is -0.473 e. The van der Waals surface area contributed by atoms with Crippen LogP contribution in [0.15, 0.2) is 23.3 Å². The molecule has 1 saturated carbocycles. The van der Waals surface area contributed by atoms with Gasteiger partial charge in [0, 0.05) is 12.4 Å². The average Bonchev–Trinajstić information content (AvgIpc) is 2.88. The summed E-state index contributed by atoms with van der Waals surface area (Å²) in [6.07, 6.45) is 9.54. The molecule has 6 nitrogen and oxygen atoms in total. The van der Waals surface area contributed by atoms with E-state index in [9.17, 15) is 0 Å². The molecule has 2 unspecified atom stereocenters. The molecule has 2 atom stereocenters. The molecule has 0 aromatic carbocycles. The molecule has 0 bridgehead atoms. The van der Waals surface area contributed by atoms with Crippen LogP contribution in [0.3, 0.4) is 0 Å². The Morgan fingerprint density at radius 3 is 2.58 bits per heavy atom. The summed E-state index contributed by atoms with van der Waals surface area (Å²) in [7, 11) is 0. The maximum absolute atomic E-state index is 9.10. The largest absolute Gasteiger partial charge is 0.473 e. The van der Waals surface area contributed by atoms with Crippen LogP contribution >= 0.6 is 0 Å². The van der Waals surface area contributed by atoms with Gasteiger partial charge in [-0.2, -0.15) is 0 Å². The van der Waals surface area contributed by atoms with Crippen molar-refractivity contribution in [2.75, 3.05) is 0 Å². The molecule has 3 rings (SSSR count).